The molecule has 0 saturated carbocycles. The van der Waals surface area contributed by atoms with Gasteiger partial charge < -0.3 is 10.1 Å². The third-order valence-electron chi connectivity index (χ3n) is 3.90. The van der Waals surface area contributed by atoms with Crippen LogP contribution in [0, 0.1) is 0 Å². The summed E-state index contributed by atoms with van der Waals surface area (Å²) in [4.78, 5) is 16.4. The van der Waals surface area contributed by atoms with Crippen molar-refractivity contribution in [2.45, 2.75) is 38.8 Å². The van der Waals surface area contributed by atoms with Gasteiger partial charge in [0, 0.05) is 0 Å². The molecule has 0 radical (unpaired) electrons. The molecule has 1 heterocycles. The van der Waals surface area contributed by atoms with Gasteiger partial charge in [-0.2, -0.15) is 0 Å². The van der Waals surface area contributed by atoms with Crippen LogP contribution in [0.1, 0.15) is 26.3 Å². The number of aromatic nitrogens is 1. The number of benzene rings is 1. The van der Waals surface area contributed by atoms with Gasteiger partial charge in [-0.1, -0.05) is 41.9 Å². The number of ether oxygens (including phenoxy) is 1. The molecule has 0 spiro atoms. The minimum absolute atomic E-state index is 0.0112. The van der Waals surface area contributed by atoms with Crippen LogP contribution in [0.15, 0.2) is 47.1 Å². The zero-order valence-corrected chi connectivity index (χ0v) is 20.4. The first-order valence-electron chi connectivity index (χ1n) is 9.17. The minimum Gasteiger partial charge on any atom is -0.444 e. The zero-order chi connectivity index (χ0) is 22.5. The molecule has 1 amide bonds. The molecule has 30 heavy (non-hydrogen) atoms. The van der Waals surface area contributed by atoms with Crippen LogP contribution in [0.5, 0.6) is 0 Å². The first kappa shape index (κ1) is 24.4. The van der Waals surface area contributed by atoms with Crippen molar-refractivity contribution in [1.82, 2.24) is 10.3 Å². The maximum Gasteiger partial charge on any atom is 0.407 e. The molecule has 0 aliphatic carbocycles. The maximum atomic E-state index is 12.5. The van der Waals surface area contributed by atoms with Crippen molar-refractivity contribution in [1.29, 1.82) is 0 Å². The highest BCUT2D eigenvalue weighted by Gasteiger charge is 2.26. The van der Waals surface area contributed by atoms with E-state index >= 15 is 0 Å². The fraction of sp³-hybridized carbons (Fsp3) is 0.400. The van der Waals surface area contributed by atoms with E-state index in [2.05, 4.69) is 26.2 Å². The monoisotopic (exact) mass is 517 g/mol. The third-order valence-corrected chi connectivity index (χ3v) is 6.20. The Morgan fingerprint density at radius 3 is 2.47 bits per heavy atom. The van der Waals surface area contributed by atoms with Gasteiger partial charge in [-0.05, 0) is 54.8 Å². The van der Waals surface area contributed by atoms with E-state index < -0.39 is 27.8 Å². The molecule has 10 heteroatoms. The second kappa shape index (κ2) is 9.98. The highest BCUT2D eigenvalue weighted by molar-refractivity contribution is 9.10. The lowest BCUT2D eigenvalue weighted by Gasteiger charge is -2.29. The number of nitrogens with zero attached hydrogens (tertiary/aromatic N) is 2. The Kier molecular flexibility index (Phi) is 8.13. The Balaban J connectivity index is 2.33. The second-order valence-corrected chi connectivity index (χ2v) is 10.9. The van der Waals surface area contributed by atoms with Crippen LogP contribution in [0.25, 0.3) is 0 Å². The summed E-state index contributed by atoms with van der Waals surface area (Å²) >= 11 is 9.21. The quantitative estimate of drug-likeness (QED) is 0.549. The summed E-state index contributed by atoms with van der Waals surface area (Å²) in [5, 5.41) is 3.02. The lowest BCUT2D eigenvalue weighted by Crippen LogP contribution is -2.48. The molecule has 1 atom stereocenters. The molecule has 0 aliphatic rings. The van der Waals surface area contributed by atoms with Crippen LogP contribution in [-0.2, 0) is 21.2 Å². The number of rotatable bonds is 7. The van der Waals surface area contributed by atoms with Crippen LogP contribution in [0.2, 0.25) is 5.15 Å². The average Bonchev–Trinajstić information content (AvgIpc) is 2.60. The molecule has 0 unspecified atom stereocenters. The number of anilines is 1. The number of nitrogens with one attached hydrogen (secondary N) is 1. The van der Waals surface area contributed by atoms with E-state index in [1.165, 1.54) is 10.5 Å². The van der Waals surface area contributed by atoms with Crippen LogP contribution in [-0.4, -0.2) is 43.9 Å². The zero-order valence-electron chi connectivity index (χ0n) is 17.2. The van der Waals surface area contributed by atoms with Crippen molar-refractivity contribution in [3.8, 4) is 0 Å². The van der Waals surface area contributed by atoms with Gasteiger partial charge in [-0.25, -0.2) is 18.2 Å². The van der Waals surface area contributed by atoms with E-state index in [-0.39, 0.29) is 11.7 Å². The third kappa shape index (κ3) is 7.77. The summed E-state index contributed by atoms with van der Waals surface area (Å²) in [5.41, 5.74) is 0.600. The number of pyridine rings is 1. The minimum atomic E-state index is -3.67. The standard InChI is InChI=1S/C20H25BrClN3O4S/c1-20(2,3)29-19(26)24-15(10-14-8-6-5-7-9-14)13-25(30(4,27)28)16-11-17(21)18(22)23-12-16/h5-9,11-12,15H,10,13H2,1-4H3,(H,24,26)/t15-/m0/s1. The molecule has 0 saturated heterocycles. The molecule has 2 rings (SSSR count). The Morgan fingerprint density at radius 1 is 1.30 bits per heavy atom. The molecule has 2 aromatic rings. The summed E-state index contributed by atoms with van der Waals surface area (Å²) in [6.07, 6.45) is 2.27. The normalized spacial score (nSPS) is 12.9. The number of halogens is 2. The largest absolute Gasteiger partial charge is 0.444 e. The first-order chi connectivity index (χ1) is 13.8. The van der Waals surface area contributed by atoms with Gasteiger partial charge >= 0.3 is 6.09 Å². The van der Waals surface area contributed by atoms with Crippen molar-refractivity contribution in [2.75, 3.05) is 17.1 Å². The van der Waals surface area contributed by atoms with Crippen LogP contribution in [0.4, 0.5) is 10.5 Å². The van der Waals surface area contributed by atoms with Gasteiger partial charge in [0.2, 0.25) is 10.0 Å². The summed E-state index contributed by atoms with van der Waals surface area (Å²) in [6.45, 7) is 5.28. The fourth-order valence-electron chi connectivity index (χ4n) is 2.71. The summed E-state index contributed by atoms with van der Waals surface area (Å²) in [5.74, 6) is 0. The molecule has 1 aromatic heterocycles. The van der Waals surface area contributed by atoms with Gasteiger partial charge in [0.1, 0.15) is 10.8 Å². The van der Waals surface area contributed by atoms with Crippen molar-refractivity contribution in [2.24, 2.45) is 0 Å². The molecular weight excluding hydrogens is 494 g/mol. The molecule has 0 aliphatic heterocycles. The van der Waals surface area contributed by atoms with Gasteiger partial charge in [0.15, 0.2) is 0 Å². The maximum absolute atomic E-state index is 12.5. The number of amides is 1. The van der Waals surface area contributed by atoms with Gasteiger partial charge in [-0.3, -0.25) is 4.31 Å². The molecule has 0 fully saturated rings. The lowest BCUT2D eigenvalue weighted by molar-refractivity contribution is 0.0506. The van der Waals surface area contributed by atoms with Crippen molar-refractivity contribution < 1.29 is 17.9 Å². The number of sulfonamides is 1. The molecule has 164 valence electrons. The van der Waals surface area contributed by atoms with Gasteiger partial charge in [-0.15, -0.1) is 0 Å². The van der Waals surface area contributed by atoms with Crippen molar-refractivity contribution in [3.63, 3.8) is 0 Å². The highest BCUT2D eigenvalue weighted by atomic mass is 79.9. The number of hydrogen-bond acceptors (Lipinski definition) is 5. The summed E-state index contributed by atoms with van der Waals surface area (Å²) in [7, 11) is -3.67. The molecular formula is C20H25BrClN3O4S. The van der Waals surface area contributed by atoms with E-state index in [1.807, 2.05) is 30.3 Å². The first-order valence-corrected chi connectivity index (χ1v) is 12.2. The van der Waals surface area contributed by atoms with Crippen LogP contribution in [0.3, 0.4) is 0 Å². The van der Waals surface area contributed by atoms with E-state index in [9.17, 15) is 13.2 Å². The van der Waals surface area contributed by atoms with Gasteiger partial charge in [0.25, 0.3) is 0 Å². The fourth-order valence-corrected chi connectivity index (χ4v) is 4.09. The Bertz CT molecular complexity index is 981. The van der Waals surface area contributed by atoms with Crippen molar-refractivity contribution in [3.05, 3.63) is 57.8 Å². The molecule has 7 nitrogen and oxygen atoms in total. The summed E-state index contributed by atoms with van der Waals surface area (Å²) in [6, 6.07) is 10.5. The predicted octanol–water partition coefficient (Wildman–Crippen LogP) is 4.40. The number of alkyl carbamates (subject to hydrolysis) is 1. The average molecular weight is 519 g/mol. The van der Waals surface area contributed by atoms with Crippen molar-refractivity contribution >= 4 is 49.3 Å². The predicted molar refractivity (Wildman–Crippen MR) is 122 cm³/mol. The van der Waals surface area contributed by atoms with Gasteiger partial charge in [0.05, 0.1) is 35.2 Å². The summed E-state index contributed by atoms with van der Waals surface area (Å²) < 4.78 is 32.1. The smallest absolute Gasteiger partial charge is 0.407 e. The Morgan fingerprint density at radius 2 is 1.93 bits per heavy atom. The second-order valence-electron chi connectivity index (χ2n) is 7.79. The van der Waals surface area contributed by atoms with E-state index in [1.54, 1.807) is 26.8 Å². The SMILES string of the molecule is CC(C)(C)OC(=O)N[C@@H](Cc1ccccc1)CN(c1cnc(Cl)c(Br)c1)S(C)(=O)=O. The van der Waals surface area contributed by atoms with E-state index in [0.717, 1.165) is 11.8 Å². The number of carbonyl (C=O) groups is 1. The van der Waals surface area contributed by atoms with E-state index in [4.69, 9.17) is 16.3 Å². The Labute approximate surface area is 191 Å². The molecule has 1 aromatic carbocycles. The van der Waals surface area contributed by atoms with E-state index in [0.29, 0.717) is 16.6 Å². The molecule has 0 bridgehead atoms. The Hall–Kier alpha value is -1.84. The number of hydrogen-bond donors (Lipinski definition) is 1. The van der Waals surface area contributed by atoms with Crippen LogP contribution >= 0.6 is 27.5 Å². The van der Waals surface area contributed by atoms with Crippen LogP contribution < -0.4 is 9.62 Å². The number of carbonyl (C=O) groups excluding carboxylic acids is 1. The lowest BCUT2D eigenvalue weighted by atomic mass is 10.1. The molecule has 1 N–H and O–H groups in total. The highest BCUT2D eigenvalue weighted by Crippen LogP contribution is 2.27. The topological polar surface area (TPSA) is 88.6 Å².